The third-order valence-electron chi connectivity index (χ3n) is 7.09. The van der Waals surface area contributed by atoms with Crippen LogP contribution >= 0.6 is 0 Å². The molecule has 3 N–H and O–H groups in total. The topological polar surface area (TPSA) is 105 Å². The number of hydrogen-bond acceptors (Lipinski definition) is 4. The molecule has 0 bridgehead atoms. The average Bonchev–Trinajstić information content (AvgIpc) is 3.40. The third-order valence-corrected chi connectivity index (χ3v) is 7.09. The molecule has 2 aliphatic rings. The molecular weight excluding hydrogens is 432 g/mol. The molecule has 0 saturated heterocycles. The van der Waals surface area contributed by atoms with Crippen molar-refractivity contribution in [2.45, 2.75) is 51.5 Å². The molecule has 34 heavy (non-hydrogen) atoms. The Balaban J connectivity index is 1.24. The van der Waals surface area contributed by atoms with Crippen molar-refractivity contribution < 1.29 is 24.2 Å². The van der Waals surface area contributed by atoms with Gasteiger partial charge in [-0.3, -0.25) is 9.59 Å². The number of carboxylic acids is 1. The molecule has 0 radical (unpaired) electrons. The van der Waals surface area contributed by atoms with Gasteiger partial charge in [0.25, 0.3) is 0 Å². The summed E-state index contributed by atoms with van der Waals surface area (Å²) in [6, 6.07) is 16.3. The van der Waals surface area contributed by atoms with Crippen LogP contribution in [0, 0.1) is 11.3 Å². The van der Waals surface area contributed by atoms with Crippen molar-refractivity contribution in [3.63, 3.8) is 0 Å². The van der Waals surface area contributed by atoms with E-state index in [1.54, 1.807) is 0 Å². The molecule has 0 heterocycles. The number of carbonyl (C=O) groups is 3. The van der Waals surface area contributed by atoms with Gasteiger partial charge in [0, 0.05) is 23.9 Å². The predicted molar refractivity (Wildman–Crippen MR) is 128 cm³/mol. The van der Waals surface area contributed by atoms with E-state index >= 15 is 0 Å². The lowest BCUT2D eigenvalue weighted by Crippen LogP contribution is -2.43. The summed E-state index contributed by atoms with van der Waals surface area (Å²) in [5, 5.41) is 14.9. The number of aliphatic carboxylic acids is 1. The minimum absolute atomic E-state index is 0.00130. The molecule has 0 unspecified atom stereocenters. The summed E-state index contributed by atoms with van der Waals surface area (Å²) in [5.74, 6) is -1.31. The van der Waals surface area contributed by atoms with Crippen LogP contribution in [-0.2, 0) is 14.3 Å². The van der Waals surface area contributed by atoms with Crippen molar-refractivity contribution in [3.05, 3.63) is 59.7 Å². The number of carbonyl (C=O) groups excluding carboxylic acids is 2. The summed E-state index contributed by atoms with van der Waals surface area (Å²) in [7, 11) is 0. The third kappa shape index (κ3) is 5.08. The molecule has 2 aromatic rings. The van der Waals surface area contributed by atoms with Crippen molar-refractivity contribution in [3.8, 4) is 11.1 Å². The molecule has 1 fully saturated rings. The van der Waals surface area contributed by atoms with Gasteiger partial charge in [0.1, 0.15) is 6.61 Å². The maximum atomic E-state index is 12.7. The summed E-state index contributed by atoms with van der Waals surface area (Å²) in [4.78, 5) is 36.2. The van der Waals surface area contributed by atoms with Gasteiger partial charge in [-0.1, -0.05) is 62.4 Å². The number of benzene rings is 2. The van der Waals surface area contributed by atoms with Gasteiger partial charge in [-0.25, -0.2) is 4.79 Å². The van der Waals surface area contributed by atoms with E-state index < -0.39 is 17.5 Å². The molecule has 180 valence electrons. The molecule has 2 amide bonds. The van der Waals surface area contributed by atoms with E-state index in [1.165, 1.54) is 11.1 Å². The maximum Gasteiger partial charge on any atom is 0.407 e. The van der Waals surface area contributed by atoms with Crippen molar-refractivity contribution in [1.82, 2.24) is 10.6 Å². The predicted octanol–water partition coefficient (Wildman–Crippen LogP) is 4.31. The van der Waals surface area contributed by atoms with E-state index in [2.05, 4.69) is 34.9 Å². The molecule has 0 aromatic heterocycles. The minimum atomic E-state index is -0.802. The Bertz CT molecular complexity index is 1030. The molecule has 4 rings (SSSR count). The average molecular weight is 465 g/mol. The molecule has 2 atom stereocenters. The van der Waals surface area contributed by atoms with Gasteiger partial charge in [0.05, 0.1) is 5.92 Å². The SMILES string of the molecule is CC(C)(CCNC(=O)OCC1c2ccccc2-c2ccccc21)C(=O)N[C@@H]1CC[C@H](C(=O)O)C1. The van der Waals surface area contributed by atoms with E-state index in [-0.39, 0.29) is 30.4 Å². The van der Waals surface area contributed by atoms with Gasteiger partial charge in [0.2, 0.25) is 5.91 Å². The standard InChI is InChI=1S/C27H32N2O5/c1-27(2,25(32)29-18-12-11-17(15-18)24(30)31)13-14-28-26(33)34-16-23-21-9-5-3-7-19(21)20-8-4-6-10-22(20)23/h3-10,17-18,23H,11-16H2,1-2H3,(H,28,33)(H,29,32)(H,30,31)/t17-,18+/m0/s1. The molecular formula is C27H32N2O5. The van der Waals surface area contributed by atoms with Crippen molar-refractivity contribution >= 4 is 18.0 Å². The summed E-state index contributed by atoms with van der Waals surface area (Å²) < 4.78 is 5.55. The quantitative estimate of drug-likeness (QED) is 0.540. The van der Waals surface area contributed by atoms with Crippen molar-refractivity contribution in [2.24, 2.45) is 11.3 Å². The van der Waals surface area contributed by atoms with Crippen LogP contribution in [0.5, 0.6) is 0 Å². The number of amides is 2. The Morgan fingerprint density at radius 2 is 1.62 bits per heavy atom. The summed E-state index contributed by atoms with van der Waals surface area (Å²) in [6.07, 6.45) is 1.67. The molecule has 7 nitrogen and oxygen atoms in total. The Morgan fingerprint density at radius 1 is 1.00 bits per heavy atom. The zero-order chi connectivity index (χ0) is 24.3. The summed E-state index contributed by atoms with van der Waals surface area (Å²) in [6.45, 7) is 4.20. The lowest BCUT2D eigenvalue weighted by atomic mass is 9.88. The largest absolute Gasteiger partial charge is 0.481 e. The first kappa shape index (κ1) is 23.8. The van der Waals surface area contributed by atoms with Gasteiger partial charge in [0.15, 0.2) is 0 Å². The fourth-order valence-electron chi connectivity index (χ4n) is 4.96. The van der Waals surface area contributed by atoms with Crippen molar-refractivity contribution in [1.29, 1.82) is 0 Å². The first-order chi connectivity index (χ1) is 16.3. The Kier molecular flexibility index (Phi) is 6.91. The monoisotopic (exact) mass is 464 g/mol. The van der Waals surface area contributed by atoms with Crippen LogP contribution in [0.2, 0.25) is 0 Å². The second kappa shape index (κ2) is 9.87. The highest BCUT2D eigenvalue weighted by Gasteiger charge is 2.34. The van der Waals surface area contributed by atoms with Crippen LogP contribution in [-0.4, -0.2) is 42.3 Å². The first-order valence-electron chi connectivity index (χ1n) is 11.9. The van der Waals surface area contributed by atoms with Gasteiger partial charge in [-0.05, 0) is 47.9 Å². The Morgan fingerprint density at radius 3 is 2.21 bits per heavy atom. The second-order valence-corrected chi connectivity index (χ2v) is 9.90. The molecule has 2 aromatic carbocycles. The lowest BCUT2D eigenvalue weighted by Gasteiger charge is -2.26. The number of hydrogen-bond donors (Lipinski definition) is 3. The Hall–Kier alpha value is -3.35. The van der Waals surface area contributed by atoms with Crippen molar-refractivity contribution in [2.75, 3.05) is 13.2 Å². The van der Waals surface area contributed by atoms with E-state index in [0.29, 0.717) is 32.2 Å². The van der Waals surface area contributed by atoms with E-state index in [0.717, 1.165) is 11.1 Å². The number of carboxylic acid groups (broad SMARTS) is 1. The molecule has 0 aliphatic heterocycles. The van der Waals surface area contributed by atoms with Crippen LogP contribution in [0.3, 0.4) is 0 Å². The molecule has 7 heteroatoms. The van der Waals surface area contributed by atoms with Crippen LogP contribution < -0.4 is 10.6 Å². The highest BCUT2D eigenvalue weighted by molar-refractivity contribution is 5.82. The maximum absolute atomic E-state index is 12.7. The first-order valence-corrected chi connectivity index (χ1v) is 11.9. The number of rotatable bonds is 8. The van der Waals surface area contributed by atoms with Crippen LogP contribution in [0.25, 0.3) is 11.1 Å². The number of ether oxygens (including phenoxy) is 1. The fourth-order valence-corrected chi connectivity index (χ4v) is 4.96. The summed E-state index contributed by atoms with van der Waals surface area (Å²) in [5.41, 5.74) is 3.98. The van der Waals surface area contributed by atoms with E-state index in [1.807, 2.05) is 38.1 Å². The van der Waals surface area contributed by atoms with Gasteiger partial charge < -0.3 is 20.5 Å². The summed E-state index contributed by atoms with van der Waals surface area (Å²) >= 11 is 0. The lowest BCUT2D eigenvalue weighted by molar-refractivity contribution is -0.141. The normalized spacial score (nSPS) is 19.2. The van der Waals surface area contributed by atoms with Crippen LogP contribution in [0.1, 0.15) is 56.6 Å². The number of alkyl carbamates (subject to hydrolysis) is 1. The molecule has 1 saturated carbocycles. The zero-order valence-electron chi connectivity index (χ0n) is 19.7. The van der Waals surface area contributed by atoms with Gasteiger partial charge in [-0.2, -0.15) is 0 Å². The Labute approximate surface area is 199 Å². The van der Waals surface area contributed by atoms with Crippen LogP contribution in [0.15, 0.2) is 48.5 Å². The van der Waals surface area contributed by atoms with Gasteiger partial charge in [-0.15, -0.1) is 0 Å². The van der Waals surface area contributed by atoms with Crippen LogP contribution in [0.4, 0.5) is 4.79 Å². The van der Waals surface area contributed by atoms with Gasteiger partial charge >= 0.3 is 12.1 Å². The zero-order valence-corrected chi connectivity index (χ0v) is 19.7. The van der Waals surface area contributed by atoms with E-state index in [4.69, 9.17) is 9.84 Å². The number of nitrogens with one attached hydrogen (secondary N) is 2. The highest BCUT2D eigenvalue weighted by Crippen LogP contribution is 2.44. The molecule has 0 spiro atoms. The highest BCUT2D eigenvalue weighted by atomic mass is 16.5. The van der Waals surface area contributed by atoms with E-state index in [9.17, 15) is 14.4 Å². The molecule has 2 aliphatic carbocycles. The second-order valence-electron chi connectivity index (χ2n) is 9.90. The minimum Gasteiger partial charge on any atom is -0.481 e. The smallest absolute Gasteiger partial charge is 0.407 e. The fraction of sp³-hybridized carbons (Fsp3) is 0.444. The number of fused-ring (bicyclic) bond motifs is 3.